The highest BCUT2D eigenvalue weighted by molar-refractivity contribution is 9.10. The fourth-order valence-corrected chi connectivity index (χ4v) is 1.89. The van der Waals surface area contributed by atoms with E-state index < -0.39 is 17.6 Å². The van der Waals surface area contributed by atoms with Gasteiger partial charge in [0.05, 0.1) is 11.8 Å². The van der Waals surface area contributed by atoms with Crippen molar-refractivity contribution >= 4 is 28.1 Å². The molecule has 1 amide bonds. The van der Waals surface area contributed by atoms with E-state index >= 15 is 0 Å². The number of nitrogens with one attached hydrogen (secondary N) is 1. The molecule has 0 aliphatic carbocycles. The van der Waals surface area contributed by atoms with E-state index in [-0.39, 0.29) is 5.56 Å². The predicted octanol–water partition coefficient (Wildman–Crippen LogP) is 4.23. The van der Waals surface area contributed by atoms with Crippen LogP contribution in [0.2, 0.25) is 0 Å². The standard InChI is InChI=1S/C15H10BrF3N2O/c16-13-6-4-11(5-7-13)14(22)21-20-9-10-2-1-3-12(8-10)15(17,18)19/h1-9H,(H,21,22)/b20-9-. The van der Waals surface area contributed by atoms with Gasteiger partial charge in [0.25, 0.3) is 5.91 Å². The quantitative estimate of drug-likeness (QED) is 0.637. The number of amides is 1. The van der Waals surface area contributed by atoms with E-state index in [1.54, 1.807) is 24.3 Å². The second-order valence-electron chi connectivity index (χ2n) is 4.33. The Labute approximate surface area is 133 Å². The van der Waals surface area contributed by atoms with E-state index in [9.17, 15) is 18.0 Å². The van der Waals surface area contributed by atoms with Crippen LogP contribution in [0.4, 0.5) is 13.2 Å². The molecule has 3 nitrogen and oxygen atoms in total. The minimum absolute atomic E-state index is 0.242. The van der Waals surface area contributed by atoms with Crippen molar-refractivity contribution < 1.29 is 18.0 Å². The smallest absolute Gasteiger partial charge is 0.267 e. The van der Waals surface area contributed by atoms with Crippen LogP contribution in [-0.4, -0.2) is 12.1 Å². The Morgan fingerprint density at radius 2 is 1.82 bits per heavy atom. The summed E-state index contributed by atoms with van der Waals surface area (Å²) >= 11 is 3.25. The molecule has 0 radical (unpaired) electrons. The summed E-state index contributed by atoms with van der Waals surface area (Å²) in [7, 11) is 0. The molecule has 2 aromatic carbocycles. The molecule has 0 heterocycles. The third kappa shape index (κ3) is 4.42. The molecule has 0 aliphatic heterocycles. The molecule has 0 bridgehead atoms. The van der Waals surface area contributed by atoms with Crippen LogP contribution in [0, 0.1) is 0 Å². The van der Waals surface area contributed by atoms with Gasteiger partial charge < -0.3 is 0 Å². The zero-order valence-electron chi connectivity index (χ0n) is 11.1. The summed E-state index contributed by atoms with van der Waals surface area (Å²) in [5.41, 5.74) is 2.13. The van der Waals surface area contributed by atoms with Gasteiger partial charge in [0.1, 0.15) is 0 Å². The van der Waals surface area contributed by atoms with Crippen molar-refractivity contribution in [1.29, 1.82) is 0 Å². The summed E-state index contributed by atoms with van der Waals surface area (Å²) in [6, 6.07) is 11.3. The maximum atomic E-state index is 12.6. The van der Waals surface area contributed by atoms with E-state index in [1.165, 1.54) is 12.1 Å². The van der Waals surface area contributed by atoms with Crippen molar-refractivity contribution in [2.75, 3.05) is 0 Å². The number of carbonyl (C=O) groups excluding carboxylic acids is 1. The van der Waals surface area contributed by atoms with E-state index in [1.807, 2.05) is 0 Å². The number of rotatable bonds is 3. The average molecular weight is 371 g/mol. The molecule has 7 heteroatoms. The van der Waals surface area contributed by atoms with Gasteiger partial charge in [-0.1, -0.05) is 28.1 Å². The number of hydrogen-bond acceptors (Lipinski definition) is 2. The second-order valence-corrected chi connectivity index (χ2v) is 5.24. The average Bonchev–Trinajstić information content (AvgIpc) is 2.47. The summed E-state index contributed by atoms with van der Waals surface area (Å²) in [5, 5.41) is 3.66. The van der Waals surface area contributed by atoms with Crippen molar-refractivity contribution in [3.63, 3.8) is 0 Å². The predicted molar refractivity (Wildman–Crippen MR) is 80.6 cm³/mol. The molecule has 1 N–H and O–H groups in total. The number of halogens is 4. The number of nitrogens with zero attached hydrogens (tertiary/aromatic N) is 1. The zero-order chi connectivity index (χ0) is 16.2. The normalized spacial score (nSPS) is 11.6. The zero-order valence-corrected chi connectivity index (χ0v) is 12.6. The summed E-state index contributed by atoms with van der Waals surface area (Å²) in [4.78, 5) is 11.8. The molecular weight excluding hydrogens is 361 g/mol. The maximum absolute atomic E-state index is 12.6. The van der Waals surface area contributed by atoms with Gasteiger partial charge in [0, 0.05) is 10.0 Å². The first-order valence-electron chi connectivity index (χ1n) is 6.12. The summed E-state index contributed by atoms with van der Waals surface area (Å²) < 4.78 is 38.5. The second kappa shape index (κ2) is 6.74. The number of hydrogen-bond donors (Lipinski definition) is 1. The number of carbonyl (C=O) groups is 1. The van der Waals surface area contributed by atoms with Gasteiger partial charge in [-0.2, -0.15) is 18.3 Å². The fraction of sp³-hybridized carbons (Fsp3) is 0.0667. The lowest BCUT2D eigenvalue weighted by Crippen LogP contribution is -2.17. The molecule has 2 aromatic rings. The largest absolute Gasteiger partial charge is 0.416 e. The van der Waals surface area contributed by atoms with Crippen LogP contribution in [0.15, 0.2) is 58.1 Å². The molecule has 0 saturated heterocycles. The molecule has 114 valence electrons. The number of benzene rings is 2. The molecule has 0 fully saturated rings. The highest BCUT2D eigenvalue weighted by Crippen LogP contribution is 2.29. The Morgan fingerprint density at radius 3 is 2.45 bits per heavy atom. The fourth-order valence-electron chi connectivity index (χ4n) is 1.63. The molecule has 22 heavy (non-hydrogen) atoms. The SMILES string of the molecule is O=C(N/N=C\c1cccc(C(F)(F)F)c1)c1ccc(Br)cc1. The molecular formula is C15H10BrF3N2O. The third-order valence-electron chi connectivity index (χ3n) is 2.70. The van der Waals surface area contributed by atoms with Crippen LogP contribution >= 0.6 is 15.9 Å². The Kier molecular flexibility index (Phi) is 4.97. The first-order chi connectivity index (χ1) is 10.4. The van der Waals surface area contributed by atoms with Gasteiger partial charge >= 0.3 is 6.18 Å². The van der Waals surface area contributed by atoms with Gasteiger partial charge in [-0.15, -0.1) is 0 Å². The van der Waals surface area contributed by atoms with Gasteiger partial charge in [-0.05, 0) is 42.0 Å². The Morgan fingerprint density at radius 1 is 1.14 bits per heavy atom. The molecule has 0 unspecified atom stereocenters. The summed E-state index contributed by atoms with van der Waals surface area (Å²) in [6.07, 6.45) is -3.25. The first kappa shape index (κ1) is 16.2. The van der Waals surface area contributed by atoms with Crippen molar-refractivity contribution in [3.05, 3.63) is 69.7 Å². The lowest BCUT2D eigenvalue weighted by Gasteiger charge is -2.06. The highest BCUT2D eigenvalue weighted by Gasteiger charge is 2.30. The third-order valence-corrected chi connectivity index (χ3v) is 3.23. The van der Waals surface area contributed by atoms with Crippen LogP contribution in [0.3, 0.4) is 0 Å². The molecule has 0 spiro atoms. The van der Waals surface area contributed by atoms with Crippen LogP contribution in [0.1, 0.15) is 21.5 Å². The number of alkyl halides is 3. The van der Waals surface area contributed by atoms with E-state index in [0.29, 0.717) is 5.56 Å². The topological polar surface area (TPSA) is 41.5 Å². The number of hydrazone groups is 1. The lowest BCUT2D eigenvalue weighted by molar-refractivity contribution is -0.137. The van der Waals surface area contributed by atoms with Crippen LogP contribution < -0.4 is 5.43 Å². The van der Waals surface area contributed by atoms with Gasteiger partial charge in [-0.3, -0.25) is 4.79 Å². The molecule has 0 aromatic heterocycles. The van der Waals surface area contributed by atoms with Gasteiger partial charge in [-0.25, -0.2) is 5.43 Å². The molecule has 0 atom stereocenters. The van der Waals surface area contributed by atoms with Crippen LogP contribution in [0.25, 0.3) is 0 Å². The highest BCUT2D eigenvalue weighted by atomic mass is 79.9. The van der Waals surface area contributed by atoms with Gasteiger partial charge in [0.2, 0.25) is 0 Å². The van der Waals surface area contributed by atoms with Gasteiger partial charge in [0.15, 0.2) is 0 Å². The van der Waals surface area contributed by atoms with E-state index in [0.717, 1.165) is 22.8 Å². The minimum Gasteiger partial charge on any atom is -0.267 e. The van der Waals surface area contributed by atoms with Crippen LogP contribution in [-0.2, 0) is 6.18 Å². The van der Waals surface area contributed by atoms with Crippen LogP contribution in [0.5, 0.6) is 0 Å². The van der Waals surface area contributed by atoms with E-state index in [2.05, 4.69) is 26.5 Å². The molecule has 0 saturated carbocycles. The van der Waals surface area contributed by atoms with Crippen molar-refractivity contribution in [1.82, 2.24) is 5.43 Å². The molecule has 2 rings (SSSR count). The minimum atomic E-state index is -4.41. The monoisotopic (exact) mass is 370 g/mol. The van der Waals surface area contributed by atoms with Crippen molar-refractivity contribution in [3.8, 4) is 0 Å². The van der Waals surface area contributed by atoms with Crippen molar-refractivity contribution in [2.45, 2.75) is 6.18 Å². The summed E-state index contributed by atoms with van der Waals surface area (Å²) in [6.45, 7) is 0. The maximum Gasteiger partial charge on any atom is 0.416 e. The summed E-state index contributed by atoms with van der Waals surface area (Å²) in [5.74, 6) is -0.448. The van der Waals surface area contributed by atoms with Crippen molar-refractivity contribution in [2.24, 2.45) is 5.10 Å². The lowest BCUT2D eigenvalue weighted by atomic mass is 10.1. The Balaban J connectivity index is 2.03. The van der Waals surface area contributed by atoms with E-state index in [4.69, 9.17) is 0 Å². The first-order valence-corrected chi connectivity index (χ1v) is 6.92. The molecule has 0 aliphatic rings. The Bertz CT molecular complexity index is 697. The Hall–Kier alpha value is -2.15.